The van der Waals surface area contributed by atoms with Crippen LogP contribution in [0.4, 0.5) is 0 Å². The number of ether oxygens (including phenoxy) is 1. The van der Waals surface area contributed by atoms with E-state index in [1.165, 1.54) is 0 Å². The first kappa shape index (κ1) is 12.0. The van der Waals surface area contributed by atoms with Crippen LogP contribution in [-0.4, -0.2) is 24.1 Å². The fourth-order valence-corrected chi connectivity index (χ4v) is 1.62. The molecule has 3 N–H and O–H groups in total. The number of hydrogen-bond donors (Lipinski definition) is 2. The lowest BCUT2D eigenvalue weighted by Gasteiger charge is -2.28. The molecule has 1 aliphatic rings. The Hall–Kier alpha value is -1.03. The molecule has 1 amide bonds. The zero-order valence-corrected chi connectivity index (χ0v) is 9.45. The molecular weight excluding hydrogens is 192 g/mol. The standard InChI is InChI=1S/C11H20N2O2/c1-11(2,7-10(12)14)13-8-9-5-3-4-6-15-9/h4,6,9,13H,3,5,7-8H2,1-2H3,(H2,12,14). The predicted molar refractivity (Wildman–Crippen MR) is 59.1 cm³/mol. The topological polar surface area (TPSA) is 64.4 Å². The van der Waals surface area contributed by atoms with Crippen LogP contribution < -0.4 is 11.1 Å². The molecule has 1 unspecified atom stereocenters. The average Bonchev–Trinajstić information content (AvgIpc) is 2.15. The van der Waals surface area contributed by atoms with Crippen LogP contribution >= 0.6 is 0 Å². The molecule has 0 aromatic rings. The molecular formula is C11H20N2O2. The van der Waals surface area contributed by atoms with Crippen molar-refractivity contribution in [3.8, 4) is 0 Å². The van der Waals surface area contributed by atoms with Gasteiger partial charge < -0.3 is 15.8 Å². The fraction of sp³-hybridized carbons (Fsp3) is 0.727. The van der Waals surface area contributed by atoms with E-state index in [2.05, 4.69) is 5.32 Å². The van der Waals surface area contributed by atoms with Crippen LogP contribution in [0.1, 0.15) is 33.1 Å². The van der Waals surface area contributed by atoms with Crippen molar-refractivity contribution in [3.05, 3.63) is 12.3 Å². The number of primary amides is 1. The normalized spacial score (nSPS) is 21.1. The van der Waals surface area contributed by atoms with Crippen molar-refractivity contribution >= 4 is 5.91 Å². The van der Waals surface area contributed by atoms with Crippen LogP contribution in [0.2, 0.25) is 0 Å². The van der Waals surface area contributed by atoms with Crippen LogP contribution in [0.25, 0.3) is 0 Å². The van der Waals surface area contributed by atoms with Gasteiger partial charge in [0.1, 0.15) is 6.10 Å². The monoisotopic (exact) mass is 212 g/mol. The van der Waals surface area contributed by atoms with Crippen molar-refractivity contribution in [2.75, 3.05) is 6.54 Å². The van der Waals surface area contributed by atoms with Crippen molar-refractivity contribution in [1.29, 1.82) is 0 Å². The van der Waals surface area contributed by atoms with Crippen molar-refractivity contribution in [2.24, 2.45) is 5.73 Å². The third-order valence-electron chi connectivity index (χ3n) is 2.45. The quantitative estimate of drug-likeness (QED) is 0.712. The SMILES string of the molecule is CC(C)(CC(N)=O)NCC1CCC=CO1. The third-order valence-corrected chi connectivity index (χ3v) is 2.45. The van der Waals surface area contributed by atoms with Crippen LogP contribution in [0.5, 0.6) is 0 Å². The summed E-state index contributed by atoms with van der Waals surface area (Å²) in [4.78, 5) is 10.8. The van der Waals surface area contributed by atoms with Gasteiger partial charge in [-0.15, -0.1) is 0 Å². The molecule has 0 fully saturated rings. The lowest BCUT2D eigenvalue weighted by molar-refractivity contribution is -0.119. The van der Waals surface area contributed by atoms with Gasteiger partial charge in [-0.3, -0.25) is 4.79 Å². The summed E-state index contributed by atoms with van der Waals surface area (Å²) in [6, 6.07) is 0. The van der Waals surface area contributed by atoms with E-state index in [1.54, 1.807) is 6.26 Å². The highest BCUT2D eigenvalue weighted by Crippen LogP contribution is 2.12. The molecule has 0 saturated heterocycles. The molecule has 4 nitrogen and oxygen atoms in total. The van der Waals surface area contributed by atoms with Crippen molar-refractivity contribution in [1.82, 2.24) is 5.32 Å². The van der Waals surface area contributed by atoms with Gasteiger partial charge >= 0.3 is 0 Å². The highest BCUT2D eigenvalue weighted by atomic mass is 16.5. The average molecular weight is 212 g/mol. The number of carbonyl (C=O) groups excluding carboxylic acids is 1. The Labute approximate surface area is 90.9 Å². The molecule has 0 aromatic heterocycles. The molecule has 0 aromatic carbocycles. The zero-order valence-electron chi connectivity index (χ0n) is 9.45. The van der Waals surface area contributed by atoms with Crippen molar-refractivity contribution in [3.63, 3.8) is 0 Å². The van der Waals surface area contributed by atoms with Crippen LogP contribution in [0.15, 0.2) is 12.3 Å². The Morgan fingerprint density at radius 2 is 2.40 bits per heavy atom. The van der Waals surface area contributed by atoms with Gasteiger partial charge in [-0.2, -0.15) is 0 Å². The van der Waals surface area contributed by atoms with Crippen LogP contribution in [0, 0.1) is 0 Å². The number of allylic oxidation sites excluding steroid dienone is 1. The maximum Gasteiger partial charge on any atom is 0.219 e. The van der Waals surface area contributed by atoms with Gasteiger partial charge in [0.15, 0.2) is 0 Å². The van der Waals surface area contributed by atoms with E-state index in [1.807, 2.05) is 19.9 Å². The summed E-state index contributed by atoms with van der Waals surface area (Å²) < 4.78 is 5.42. The van der Waals surface area contributed by atoms with E-state index in [4.69, 9.17) is 10.5 Å². The molecule has 86 valence electrons. The molecule has 0 saturated carbocycles. The number of hydrogen-bond acceptors (Lipinski definition) is 3. The fourth-order valence-electron chi connectivity index (χ4n) is 1.62. The van der Waals surface area contributed by atoms with Gasteiger partial charge in [0.2, 0.25) is 5.91 Å². The molecule has 4 heteroatoms. The maximum absolute atomic E-state index is 10.8. The Morgan fingerprint density at radius 3 is 2.93 bits per heavy atom. The largest absolute Gasteiger partial charge is 0.497 e. The minimum atomic E-state index is -0.281. The highest BCUT2D eigenvalue weighted by molar-refractivity contribution is 5.74. The number of carbonyl (C=O) groups is 1. The van der Waals surface area contributed by atoms with Crippen molar-refractivity contribution < 1.29 is 9.53 Å². The second kappa shape index (κ2) is 5.16. The Balaban J connectivity index is 2.28. The van der Waals surface area contributed by atoms with Crippen LogP contribution in [-0.2, 0) is 9.53 Å². The first-order valence-electron chi connectivity index (χ1n) is 5.33. The summed E-state index contributed by atoms with van der Waals surface area (Å²) in [6.45, 7) is 4.69. The molecule has 15 heavy (non-hydrogen) atoms. The predicted octanol–water partition coefficient (Wildman–Crippen LogP) is 0.923. The second-order valence-corrected chi connectivity index (χ2v) is 4.62. The first-order chi connectivity index (χ1) is 6.99. The number of rotatable bonds is 5. The minimum absolute atomic E-state index is 0.210. The van der Waals surface area contributed by atoms with Gasteiger partial charge in [-0.05, 0) is 32.8 Å². The summed E-state index contributed by atoms with van der Waals surface area (Å²) >= 11 is 0. The van der Waals surface area contributed by atoms with Gasteiger partial charge in [0, 0.05) is 18.5 Å². The smallest absolute Gasteiger partial charge is 0.219 e. The van der Waals surface area contributed by atoms with Gasteiger partial charge in [0.05, 0.1) is 6.26 Å². The Morgan fingerprint density at radius 1 is 1.67 bits per heavy atom. The van der Waals surface area contributed by atoms with E-state index in [9.17, 15) is 4.79 Å². The summed E-state index contributed by atoms with van der Waals surface area (Å²) in [5, 5.41) is 3.30. The molecule has 1 aliphatic heterocycles. The molecule has 0 radical (unpaired) electrons. The molecule has 0 spiro atoms. The summed E-state index contributed by atoms with van der Waals surface area (Å²) in [6.07, 6.45) is 6.40. The Kier molecular flexibility index (Phi) is 4.15. The molecule has 1 rings (SSSR count). The van der Waals surface area contributed by atoms with E-state index >= 15 is 0 Å². The van der Waals surface area contributed by atoms with Gasteiger partial charge in [-0.1, -0.05) is 0 Å². The van der Waals surface area contributed by atoms with E-state index in [0.717, 1.165) is 19.4 Å². The first-order valence-corrected chi connectivity index (χ1v) is 5.33. The third kappa shape index (κ3) is 4.83. The van der Waals surface area contributed by atoms with E-state index < -0.39 is 0 Å². The number of nitrogens with two attached hydrogens (primary N) is 1. The van der Waals surface area contributed by atoms with Crippen molar-refractivity contribution in [2.45, 2.75) is 44.8 Å². The molecule has 0 bridgehead atoms. The molecule has 0 aliphatic carbocycles. The minimum Gasteiger partial charge on any atom is -0.497 e. The lowest BCUT2D eigenvalue weighted by atomic mass is 9.99. The van der Waals surface area contributed by atoms with E-state index in [0.29, 0.717) is 6.42 Å². The highest BCUT2D eigenvalue weighted by Gasteiger charge is 2.22. The van der Waals surface area contributed by atoms with Crippen LogP contribution in [0.3, 0.4) is 0 Å². The number of amides is 1. The molecule has 1 heterocycles. The summed E-state index contributed by atoms with van der Waals surface area (Å²) in [5.41, 5.74) is 4.91. The molecule has 1 atom stereocenters. The van der Waals surface area contributed by atoms with Gasteiger partial charge in [-0.25, -0.2) is 0 Å². The summed E-state index contributed by atoms with van der Waals surface area (Å²) in [5.74, 6) is -0.281. The number of nitrogens with one attached hydrogen (secondary N) is 1. The summed E-state index contributed by atoms with van der Waals surface area (Å²) in [7, 11) is 0. The Bertz CT molecular complexity index is 249. The van der Waals surface area contributed by atoms with E-state index in [-0.39, 0.29) is 17.6 Å². The zero-order chi connectivity index (χ0) is 11.3. The maximum atomic E-state index is 10.8. The lowest BCUT2D eigenvalue weighted by Crippen LogP contribution is -2.46. The second-order valence-electron chi connectivity index (χ2n) is 4.62. The van der Waals surface area contributed by atoms with Gasteiger partial charge in [0.25, 0.3) is 0 Å².